The number of halogens is 2. The van der Waals surface area contributed by atoms with Crippen LogP contribution in [0.15, 0.2) is 43.2 Å². The Balaban J connectivity index is 1.88. The number of aromatic nitrogens is 2. The molecule has 0 atom stereocenters. The lowest BCUT2D eigenvalue weighted by molar-refractivity contribution is -0.112. The lowest BCUT2D eigenvalue weighted by Crippen LogP contribution is -2.32. The summed E-state index contributed by atoms with van der Waals surface area (Å²) in [7, 11) is 4.32. The lowest BCUT2D eigenvalue weighted by atomic mass is 10.0. The molecule has 13 heteroatoms. The molecule has 37 heavy (non-hydrogen) atoms. The van der Waals surface area contributed by atoms with Gasteiger partial charge in [0.1, 0.15) is 39.5 Å². The number of ether oxygens (including phenoxy) is 2. The number of methoxy groups -OCH3 is 2. The Kier molecular flexibility index (Phi) is 8.77. The van der Waals surface area contributed by atoms with Crippen molar-refractivity contribution < 1.29 is 24.2 Å². The minimum absolute atomic E-state index is 0.0473. The summed E-state index contributed by atoms with van der Waals surface area (Å²) < 4.78 is 10.4. The molecule has 3 rings (SSSR count). The number of primary amides is 1. The topological polar surface area (TPSA) is 152 Å². The molecule has 3 amide bonds. The number of nitrogens with zero attached hydrogens (tertiary/aromatic N) is 3. The zero-order valence-electron chi connectivity index (χ0n) is 20.1. The van der Waals surface area contributed by atoms with Gasteiger partial charge in [-0.2, -0.15) is 0 Å². The Morgan fingerprint density at radius 2 is 1.76 bits per heavy atom. The predicted octanol–water partition coefficient (Wildman–Crippen LogP) is 4.20. The normalized spacial score (nSPS) is 10.4. The van der Waals surface area contributed by atoms with Crippen LogP contribution in [0.4, 0.5) is 27.8 Å². The summed E-state index contributed by atoms with van der Waals surface area (Å²) >= 11 is 12.7. The first kappa shape index (κ1) is 27.5. The van der Waals surface area contributed by atoms with Crippen LogP contribution in [-0.4, -0.2) is 48.3 Å². The van der Waals surface area contributed by atoms with Crippen LogP contribution in [0.3, 0.4) is 0 Å². The van der Waals surface area contributed by atoms with Gasteiger partial charge in [0.05, 0.1) is 26.5 Å². The smallest absolute Gasteiger partial charge is 0.327 e. The van der Waals surface area contributed by atoms with E-state index >= 15 is 0 Å². The third-order valence-electron chi connectivity index (χ3n) is 5.26. The SMILES string of the molecule is C=C(C(N)=O)c1cc(CO)ccc1Nc1cc(N(C)C(=O)Nc2c(Cl)c(OC)cc(OC)c2Cl)ncn1. The van der Waals surface area contributed by atoms with Crippen molar-refractivity contribution in [1.82, 2.24) is 9.97 Å². The fourth-order valence-corrected chi connectivity index (χ4v) is 3.80. The first-order chi connectivity index (χ1) is 17.6. The second kappa shape index (κ2) is 11.8. The molecule has 0 fully saturated rings. The fourth-order valence-electron chi connectivity index (χ4n) is 3.21. The molecule has 11 nitrogen and oxygen atoms in total. The van der Waals surface area contributed by atoms with E-state index in [9.17, 15) is 14.7 Å². The molecule has 2 aromatic carbocycles. The van der Waals surface area contributed by atoms with Crippen molar-refractivity contribution in [1.29, 1.82) is 0 Å². The number of benzene rings is 2. The van der Waals surface area contributed by atoms with E-state index in [1.165, 1.54) is 44.6 Å². The number of nitrogens with two attached hydrogens (primary N) is 1. The highest BCUT2D eigenvalue weighted by Gasteiger charge is 2.22. The summed E-state index contributed by atoms with van der Waals surface area (Å²) in [6, 6.07) is 7.29. The quantitative estimate of drug-likeness (QED) is 0.291. The van der Waals surface area contributed by atoms with Crippen LogP contribution < -0.4 is 30.7 Å². The van der Waals surface area contributed by atoms with Crippen LogP contribution in [0.5, 0.6) is 11.5 Å². The van der Waals surface area contributed by atoms with Gasteiger partial charge in [-0.05, 0) is 17.7 Å². The standard InChI is InChI=1S/C24H24Cl2N6O5/c1-12(23(27)34)14-7-13(10-33)5-6-15(14)30-18-9-19(29-11-28-18)32(2)24(35)31-22-20(25)16(36-3)8-17(37-4)21(22)26/h5-9,11,33H,1,10H2,2-4H3,(H2,27,34)(H,31,35)(H,28,29,30). The number of carbonyl (C=O) groups is 2. The highest BCUT2D eigenvalue weighted by atomic mass is 35.5. The summed E-state index contributed by atoms with van der Waals surface area (Å²) in [6.07, 6.45) is 1.25. The number of hydrogen-bond acceptors (Lipinski definition) is 8. The molecule has 1 heterocycles. The van der Waals surface area contributed by atoms with Crippen molar-refractivity contribution in [2.24, 2.45) is 5.73 Å². The molecule has 0 aliphatic rings. The highest BCUT2D eigenvalue weighted by molar-refractivity contribution is 6.41. The van der Waals surface area contributed by atoms with Gasteiger partial charge in [0.25, 0.3) is 0 Å². The van der Waals surface area contributed by atoms with E-state index in [0.29, 0.717) is 22.6 Å². The maximum absolute atomic E-state index is 13.0. The number of rotatable bonds is 9. The lowest BCUT2D eigenvalue weighted by Gasteiger charge is -2.20. The number of amides is 3. The maximum Gasteiger partial charge on any atom is 0.327 e. The Morgan fingerprint density at radius 3 is 2.32 bits per heavy atom. The van der Waals surface area contributed by atoms with Crippen molar-refractivity contribution in [2.75, 3.05) is 36.8 Å². The molecule has 1 aromatic heterocycles. The zero-order valence-corrected chi connectivity index (χ0v) is 21.6. The third kappa shape index (κ3) is 6.02. The first-order valence-corrected chi connectivity index (χ1v) is 11.3. The van der Waals surface area contributed by atoms with Gasteiger partial charge in [0, 0.05) is 36.0 Å². The van der Waals surface area contributed by atoms with E-state index in [2.05, 4.69) is 27.2 Å². The predicted molar refractivity (Wildman–Crippen MR) is 143 cm³/mol. The molecule has 0 saturated heterocycles. The number of urea groups is 1. The van der Waals surface area contributed by atoms with Crippen molar-refractivity contribution in [2.45, 2.75) is 6.61 Å². The van der Waals surface area contributed by atoms with Crippen molar-refractivity contribution in [3.63, 3.8) is 0 Å². The average Bonchev–Trinajstić information content (AvgIpc) is 2.90. The van der Waals surface area contributed by atoms with E-state index in [-0.39, 0.29) is 45.2 Å². The van der Waals surface area contributed by atoms with Gasteiger partial charge in [0.2, 0.25) is 5.91 Å². The molecular weight excluding hydrogens is 523 g/mol. The number of hydrogen-bond donors (Lipinski definition) is 4. The van der Waals surface area contributed by atoms with Crippen LogP contribution in [-0.2, 0) is 11.4 Å². The molecule has 0 bridgehead atoms. The summed E-state index contributed by atoms with van der Waals surface area (Å²) in [4.78, 5) is 34.3. The Hall–Kier alpha value is -4.06. The van der Waals surface area contributed by atoms with Gasteiger partial charge in [0.15, 0.2) is 0 Å². The molecule has 3 aromatic rings. The summed E-state index contributed by atoms with van der Waals surface area (Å²) in [5.41, 5.74) is 6.96. The van der Waals surface area contributed by atoms with Gasteiger partial charge in [-0.1, -0.05) is 35.8 Å². The van der Waals surface area contributed by atoms with Gasteiger partial charge < -0.3 is 30.9 Å². The summed E-state index contributed by atoms with van der Waals surface area (Å²) in [5.74, 6) is 0.327. The zero-order chi connectivity index (χ0) is 27.3. The van der Waals surface area contributed by atoms with Crippen LogP contribution in [0, 0.1) is 0 Å². The van der Waals surface area contributed by atoms with Crippen LogP contribution in [0.2, 0.25) is 10.0 Å². The van der Waals surface area contributed by atoms with Gasteiger partial charge in [-0.25, -0.2) is 14.8 Å². The number of carbonyl (C=O) groups excluding carboxylic acids is 2. The van der Waals surface area contributed by atoms with Gasteiger partial charge >= 0.3 is 6.03 Å². The first-order valence-electron chi connectivity index (χ1n) is 10.6. The number of anilines is 4. The molecule has 0 aliphatic carbocycles. The van der Waals surface area contributed by atoms with Crippen LogP contribution in [0.25, 0.3) is 5.57 Å². The van der Waals surface area contributed by atoms with E-state index < -0.39 is 11.9 Å². The van der Waals surface area contributed by atoms with Gasteiger partial charge in [-0.15, -0.1) is 0 Å². The average molecular weight is 547 g/mol. The molecule has 0 unspecified atom stereocenters. The molecule has 0 aliphatic heterocycles. The molecule has 0 radical (unpaired) electrons. The Bertz CT molecular complexity index is 1340. The number of aliphatic hydroxyl groups is 1. The molecule has 5 N–H and O–H groups in total. The fraction of sp³-hybridized carbons (Fsp3) is 0.167. The molecule has 194 valence electrons. The Morgan fingerprint density at radius 1 is 1.11 bits per heavy atom. The molecular formula is C24H24Cl2N6O5. The van der Waals surface area contributed by atoms with E-state index in [1.54, 1.807) is 18.2 Å². The van der Waals surface area contributed by atoms with E-state index in [4.69, 9.17) is 38.4 Å². The number of aliphatic hydroxyl groups excluding tert-OH is 1. The molecule has 0 saturated carbocycles. The second-order valence-electron chi connectivity index (χ2n) is 7.54. The van der Waals surface area contributed by atoms with Crippen molar-refractivity contribution >= 4 is 63.7 Å². The van der Waals surface area contributed by atoms with E-state index in [1.807, 2.05) is 0 Å². The monoisotopic (exact) mass is 546 g/mol. The highest BCUT2D eigenvalue weighted by Crippen LogP contribution is 2.44. The third-order valence-corrected chi connectivity index (χ3v) is 6.01. The summed E-state index contributed by atoms with van der Waals surface area (Å²) in [6.45, 7) is 3.49. The Labute approximate surface area is 222 Å². The minimum Gasteiger partial charge on any atom is -0.495 e. The summed E-state index contributed by atoms with van der Waals surface area (Å²) in [5, 5.41) is 15.3. The largest absolute Gasteiger partial charge is 0.495 e. The van der Waals surface area contributed by atoms with Gasteiger partial charge in [-0.3, -0.25) is 9.69 Å². The van der Waals surface area contributed by atoms with Crippen molar-refractivity contribution in [3.05, 3.63) is 64.4 Å². The van der Waals surface area contributed by atoms with Crippen LogP contribution >= 0.6 is 23.2 Å². The molecule has 0 spiro atoms. The maximum atomic E-state index is 13.0. The van der Waals surface area contributed by atoms with Crippen LogP contribution in [0.1, 0.15) is 11.1 Å². The number of nitrogens with one attached hydrogen (secondary N) is 2. The minimum atomic E-state index is -0.718. The van der Waals surface area contributed by atoms with E-state index in [0.717, 1.165) is 0 Å². The second-order valence-corrected chi connectivity index (χ2v) is 8.30. The van der Waals surface area contributed by atoms with Crippen molar-refractivity contribution in [3.8, 4) is 11.5 Å².